The average molecular weight is 273 g/mol. The Kier molecular flexibility index (Phi) is 4.28. The summed E-state index contributed by atoms with van der Waals surface area (Å²) in [6, 6.07) is 11.6. The van der Waals surface area contributed by atoms with Gasteiger partial charge in [0, 0.05) is 5.56 Å². The number of benzene rings is 2. The number of amides is 2. The minimum absolute atomic E-state index is 0.0487. The molecule has 0 aromatic heterocycles. The van der Waals surface area contributed by atoms with Gasteiger partial charge >= 0.3 is 6.03 Å². The van der Waals surface area contributed by atoms with Crippen LogP contribution >= 0.6 is 0 Å². The molecule has 20 heavy (non-hydrogen) atoms. The van der Waals surface area contributed by atoms with Crippen LogP contribution in [0.2, 0.25) is 0 Å². The number of nitrogens with one attached hydrogen (secondary N) is 2. The van der Waals surface area contributed by atoms with Crippen molar-refractivity contribution in [3.63, 3.8) is 0 Å². The normalized spacial score (nSPS) is 10.4. The Morgan fingerprint density at radius 3 is 2.60 bits per heavy atom. The fourth-order valence-electron chi connectivity index (χ4n) is 1.47. The summed E-state index contributed by atoms with van der Waals surface area (Å²) < 4.78 is 13.3. The van der Waals surface area contributed by atoms with Gasteiger partial charge in [0.15, 0.2) is 0 Å². The zero-order chi connectivity index (χ0) is 14.4. The van der Waals surface area contributed by atoms with Crippen molar-refractivity contribution in [2.45, 2.75) is 0 Å². The highest BCUT2D eigenvalue weighted by Crippen LogP contribution is 2.13. The Hall–Kier alpha value is -2.89. The Bertz CT molecular complexity index is 644. The van der Waals surface area contributed by atoms with E-state index >= 15 is 0 Å². The van der Waals surface area contributed by atoms with E-state index in [9.17, 15) is 14.3 Å². The molecule has 2 rings (SSSR count). The van der Waals surface area contributed by atoms with Gasteiger partial charge in [0.1, 0.15) is 11.6 Å². The smallest absolute Gasteiger partial charge is 0.339 e. The molecule has 0 heterocycles. The predicted molar refractivity (Wildman–Crippen MR) is 74.3 cm³/mol. The van der Waals surface area contributed by atoms with Crippen molar-refractivity contribution in [2.24, 2.45) is 5.10 Å². The number of anilines is 1. The molecule has 0 bridgehead atoms. The largest absolute Gasteiger partial charge is 0.507 e. The molecule has 3 N–H and O–H groups in total. The van der Waals surface area contributed by atoms with E-state index in [-0.39, 0.29) is 11.4 Å². The number of hydrazone groups is 1. The van der Waals surface area contributed by atoms with Crippen molar-refractivity contribution in [1.82, 2.24) is 5.43 Å². The van der Waals surface area contributed by atoms with E-state index in [1.54, 1.807) is 24.3 Å². The predicted octanol–water partition coefficient (Wildman–Crippen LogP) is 2.69. The zero-order valence-corrected chi connectivity index (χ0v) is 10.4. The van der Waals surface area contributed by atoms with Crippen molar-refractivity contribution < 1.29 is 14.3 Å². The van der Waals surface area contributed by atoms with Gasteiger partial charge in [0.25, 0.3) is 0 Å². The molecule has 0 aliphatic heterocycles. The van der Waals surface area contributed by atoms with E-state index in [0.29, 0.717) is 5.56 Å². The SMILES string of the molecule is O=C(N/N=C/c1ccccc1O)Nc1ccccc1F. The number of phenolic OH excluding ortho intramolecular Hbond substituents is 1. The molecule has 0 unspecified atom stereocenters. The summed E-state index contributed by atoms with van der Waals surface area (Å²) in [7, 11) is 0. The number of carbonyl (C=O) groups is 1. The molecular formula is C14H12FN3O2. The lowest BCUT2D eigenvalue weighted by molar-refractivity contribution is 0.252. The van der Waals surface area contributed by atoms with Crippen LogP contribution in [0.1, 0.15) is 5.56 Å². The molecule has 2 aromatic carbocycles. The number of urea groups is 1. The number of hydrogen-bond acceptors (Lipinski definition) is 3. The highest BCUT2D eigenvalue weighted by molar-refractivity contribution is 5.90. The summed E-state index contributed by atoms with van der Waals surface area (Å²) in [5.41, 5.74) is 2.69. The average Bonchev–Trinajstić information content (AvgIpc) is 2.43. The first kappa shape index (κ1) is 13.5. The van der Waals surface area contributed by atoms with Gasteiger partial charge in [-0.15, -0.1) is 0 Å². The van der Waals surface area contributed by atoms with Crippen LogP contribution in [0.5, 0.6) is 5.75 Å². The van der Waals surface area contributed by atoms with E-state index in [1.807, 2.05) is 0 Å². The van der Waals surface area contributed by atoms with Gasteiger partial charge in [-0.2, -0.15) is 5.10 Å². The molecule has 0 fully saturated rings. The standard InChI is InChI=1S/C14H12FN3O2/c15-11-6-2-3-7-12(11)17-14(20)18-16-9-10-5-1-4-8-13(10)19/h1-9,19H,(H2,17,18,20)/b16-9+. The van der Waals surface area contributed by atoms with Crippen LogP contribution < -0.4 is 10.7 Å². The fourth-order valence-corrected chi connectivity index (χ4v) is 1.47. The second-order valence-electron chi connectivity index (χ2n) is 3.86. The maximum absolute atomic E-state index is 13.3. The fraction of sp³-hybridized carbons (Fsp3) is 0. The molecule has 2 amide bonds. The summed E-state index contributed by atoms with van der Waals surface area (Å²) in [6.07, 6.45) is 1.29. The Labute approximate surface area is 114 Å². The lowest BCUT2D eigenvalue weighted by Crippen LogP contribution is -2.24. The van der Waals surface area contributed by atoms with Gasteiger partial charge in [-0.3, -0.25) is 0 Å². The van der Waals surface area contributed by atoms with Gasteiger partial charge in [-0.05, 0) is 24.3 Å². The van der Waals surface area contributed by atoms with Crippen LogP contribution in [0, 0.1) is 5.82 Å². The maximum Gasteiger partial charge on any atom is 0.339 e. The number of carbonyl (C=O) groups excluding carboxylic acids is 1. The second kappa shape index (κ2) is 6.33. The molecule has 6 heteroatoms. The summed E-state index contributed by atoms with van der Waals surface area (Å²) >= 11 is 0. The molecule has 0 atom stereocenters. The molecule has 0 aliphatic rings. The molecule has 0 radical (unpaired) electrons. The monoisotopic (exact) mass is 273 g/mol. The van der Waals surface area contributed by atoms with Crippen molar-refractivity contribution in [3.8, 4) is 5.75 Å². The van der Waals surface area contributed by atoms with Gasteiger partial charge in [0.2, 0.25) is 0 Å². The van der Waals surface area contributed by atoms with E-state index < -0.39 is 11.8 Å². The molecule has 0 saturated carbocycles. The molecular weight excluding hydrogens is 261 g/mol. The van der Waals surface area contributed by atoms with Crippen molar-refractivity contribution in [1.29, 1.82) is 0 Å². The number of rotatable bonds is 3. The molecule has 102 valence electrons. The van der Waals surface area contributed by atoms with Crippen molar-refractivity contribution >= 4 is 17.9 Å². The number of phenols is 1. The molecule has 0 spiro atoms. The van der Waals surface area contributed by atoms with Gasteiger partial charge in [-0.25, -0.2) is 14.6 Å². The first-order chi connectivity index (χ1) is 9.66. The van der Waals surface area contributed by atoms with E-state index in [0.717, 1.165) is 0 Å². The minimum Gasteiger partial charge on any atom is -0.507 e. The maximum atomic E-state index is 13.3. The van der Waals surface area contributed by atoms with Crippen LogP contribution in [0.15, 0.2) is 53.6 Å². The van der Waals surface area contributed by atoms with Crippen LogP contribution in [-0.4, -0.2) is 17.4 Å². The highest BCUT2D eigenvalue weighted by Gasteiger charge is 2.04. The van der Waals surface area contributed by atoms with E-state index in [2.05, 4.69) is 15.8 Å². The third-order valence-electron chi connectivity index (χ3n) is 2.43. The Morgan fingerprint density at radius 2 is 1.85 bits per heavy atom. The lowest BCUT2D eigenvalue weighted by Gasteiger charge is -2.04. The number of hydrogen-bond donors (Lipinski definition) is 3. The second-order valence-corrected chi connectivity index (χ2v) is 3.86. The molecule has 2 aromatic rings. The van der Waals surface area contributed by atoms with Crippen LogP contribution in [0.25, 0.3) is 0 Å². The number of aromatic hydroxyl groups is 1. The van der Waals surface area contributed by atoms with Crippen molar-refractivity contribution in [2.75, 3.05) is 5.32 Å². The topological polar surface area (TPSA) is 73.7 Å². The lowest BCUT2D eigenvalue weighted by atomic mass is 10.2. The van der Waals surface area contributed by atoms with Crippen molar-refractivity contribution in [3.05, 3.63) is 59.9 Å². The molecule has 5 nitrogen and oxygen atoms in total. The molecule has 0 saturated heterocycles. The van der Waals surface area contributed by atoms with Gasteiger partial charge in [0.05, 0.1) is 11.9 Å². The highest BCUT2D eigenvalue weighted by atomic mass is 19.1. The number of para-hydroxylation sites is 2. The first-order valence-electron chi connectivity index (χ1n) is 5.79. The number of nitrogens with zero attached hydrogens (tertiary/aromatic N) is 1. The first-order valence-corrected chi connectivity index (χ1v) is 5.79. The summed E-state index contributed by atoms with van der Waals surface area (Å²) in [6.45, 7) is 0. The van der Waals surface area contributed by atoms with Crippen LogP contribution in [-0.2, 0) is 0 Å². The zero-order valence-electron chi connectivity index (χ0n) is 10.4. The van der Waals surface area contributed by atoms with Gasteiger partial charge in [-0.1, -0.05) is 24.3 Å². The Balaban J connectivity index is 1.93. The van der Waals surface area contributed by atoms with E-state index in [4.69, 9.17) is 0 Å². The summed E-state index contributed by atoms with van der Waals surface area (Å²) in [5, 5.41) is 15.4. The summed E-state index contributed by atoms with van der Waals surface area (Å²) in [5.74, 6) is -0.486. The minimum atomic E-state index is -0.679. The third-order valence-corrected chi connectivity index (χ3v) is 2.43. The van der Waals surface area contributed by atoms with Crippen LogP contribution in [0.3, 0.4) is 0 Å². The van der Waals surface area contributed by atoms with E-state index in [1.165, 1.54) is 30.5 Å². The summed E-state index contributed by atoms with van der Waals surface area (Å²) in [4.78, 5) is 11.5. The van der Waals surface area contributed by atoms with Gasteiger partial charge < -0.3 is 10.4 Å². The number of halogens is 1. The Morgan fingerprint density at radius 1 is 1.15 bits per heavy atom. The quantitative estimate of drug-likeness (QED) is 0.594. The van der Waals surface area contributed by atoms with Crippen LogP contribution in [0.4, 0.5) is 14.9 Å². The molecule has 0 aliphatic carbocycles. The third kappa shape index (κ3) is 3.55.